The summed E-state index contributed by atoms with van der Waals surface area (Å²) in [5.41, 5.74) is 2.34. The minimum Gasteiger partial charge on any atom is -0.491 e. The van der Waals surface area contributed by atoms with Crippen LogP contribution in [0.2, 0.25) is 0 Å². The van der Waals surface area contributed by atoms with Crippen molar-refractivity contribution in [2.45, 2.75) is 51.7 Å². The van der Waals surface area contributed by atoms with Crippen LogP contribution >= 0.6 is 0 Å². The zero-order valence-electron chi connectivity index (χ0n) is 10.1. The minimum absolute atomic E-state index is 0.235. The fourth-order valence-electron chi connectivity index (χ4n) is 2.14. The molecule has 2 heteroatoms. The molecule has 16 heavy (non-hydrogen) atoms. The van der Waals surface area contributed by atoms with Gasteiger partial charge in [-0.15, -0.1) is 0 Å². The van der Waals surface area contributed by atoms with Gasteiger partial charge in [0.25, 0.3) is 0 Å². The molecule has 1 N–H and O–H groups in total. The van der Waals surface area contributed by atoms with E-state index in [1.54, 1.807) is 0 Å². The highest BCUT2D eigenvalue weighted by Gasteiger charge is 2.18. The SMILES string of the molecule is CCC(C)Oc1ccc2c(c1)[C@H](O)CCC2. The Hall–Kier alpha value is -1.02. The Kier molecular flexibility index (Phi) is 3.49. The molecule has 88 valence electrons. The summed E-state index contributed by atoms with van der Waals surface area (Å²) in [4.78, 5) is 0. The number of aryl methyl sites for hydroxylation is 1. The van der Waals surface area contributed by atoms with Crippen LogP contribution in [0.25, 0.3) is 0 Å². The van der Waals surface area contributed by atoms with E-state index < -0.39 is 0 Å². The summed E-state index contributed by atoms with van der Waals surface area (Å²) in [6.45, 7) is 4.17. The normalized spacial score (nSPS) is 21.3. The molecule has 0 aromatic heterocycles. The standard InChI is InChI=1S/C14H20O2/c1-3-10(2)16-12-8-7-11-5-4-6-14(15)13(11)9-12/h7-10,14-15H,3-6H2,1-2H3/t10?,14-/m1/s1. The number of rotatable bonds is 3. The Morgan fingerprint density at radius 3 is 3.06 bits per heavy atom. The van der Waals surface area contributed by atoms with Crippen LogP contribution in [0, 0.1) is 0 Å². The summed E-state index contributed by atoms with van der Waals surface area (Å²) < 4.78 is 5.77. The van der Waals surface area contributed by atoms with E-state index in [0.717, 1.165) is 37.0 Å². The van der Waals surface area contributed by atoms with Gasteiger partial charge in [-0.3, -0.25) is 0 Å². The zero-order valence-corrected chi connectivity index (χ0v) is 10.1. The van der Waals surface area contributed by atoms with E-state index in [1.165, 1.54) is 5.56 Å². The Bertz CT molecular complexity index is 360. The first-order valence-corrected chi connectivity index (χ1v) is 6.18. The third-order valence-electron chi connectivity index (χ3n) is 3.31. The maximum Gasteiger partial charge on any atom is 0.120 e. The molecule has 0 bridgehead atoms. The molecule has 0 saturated heterocycles. The lowest BCUT2D eigenvalue weighted by Crippen LogP contribution is -2.12. The van der Waals surface area contributed by atoms with Crippen molar-refractivity contribution in [3.05, 3.63) is 29.3 Å². The zero-order chi connectivity index (χ0) is 11.5. The van der Waals surface area contributed by atoms with Crippen LogP contribution in [0.5, 0.6) is 5.75 Å². The van der Waals surface area contributed by atoms with E-state index in [0.29, 0.717) is 0 Å². The molecule has 0 amide bonds. The van der Waals surface area contributed by atoms with Gasteiger partial charge >= 0.3 is 0 Å². The minimum atomic E-state index is -0.302. The topological polar surface area (TPSA) is 29.5 Å². The van der Waals surface area contributed by atoms with Crippen LogP contribution in [0.15, 0.2) is 18.2 Å². The molecule has 0 spiro atoms. The van der Waals surface area contributed by atoms with Crippen molar-refractivity contribution in [3.63, 3.8) is 0 Å². The first-order chi connectivity index (χ1) is 7.70. The van der Waals surface area contributed by atoms with Gasteiger partial charge in [0.15, 0.2) is 0 Å². The predicted molar refractivity (Wildman–Crippen MR) is 64.7 cm³/mol. The van der Waals surface area contributed by atoms with E-state index in [2.05, 4.69) is 19.9 Å². The van der Waals surface area contributed by atoms with E-state index in [4.69, 9.17) is 4.74 Å². The molecule has 0 aliphatic heterocycles. The summed E-state index contributed by atoms with van der Waals surface area (Å²) in [6, 6.07) is 6.11. The molecule has 0 fully saturated rings. The first-order valence-electron chi connectivity index (χ1n) is 6.18. The van der Waals surface area contributed by atoms with Gasteiger partial charge in [0, 0.05) is 0 Å². The molecule has 2 atom stereocenters. The Morgan fingerprint density at radius 1 is 1.50 bits per heavy atom. The van der Waals surface area contributed by atoms with Gasteiger partial charge in [-0.05, 0) is 55.9 Å². The number of aliphatic hydroxyl groups excluding tert-OH is 1. The van der Waals surface area contributed by atoms with Crippen molar-refractivity contribution in [1.82, 2.24) is 0 Å². The molecular weight excluding hydrogens is 200 g/mol. The van der Waals surface area contributed by atoms with Crippen LogP contribution in [-0.4, -0.2) is 11.2 Å². The number of aliphatic hydroxyl groups is 1. The van der Waals surface area contributed by atoms with Crippen LogP contribution in [0.3, 0.4) is 0 Å². The summed E-state index contributed by atoms with van der Waals surface area (Å²) >= 11 is 0. The summed E-state index contributed by atoms with van der Waals surface area (Å²) in [5.74, 6) is 0.883. The first kappa shape index (κ1) is 11.5. The smallest absolute Gasteiger partial charge is 0.120 e. The molecule has 0 heterocycles. The molecule has 0 saturated carbocycles. The number of ether oxygens (including phenoxy) is 1. The van der Waals surface area contributed by atoms with Crippen LogP contribution in [0.4, 0.5) is 0 Å². The number of benzene rings is 1. The molecular formula is C14H20O2. The molecule has 1 aromatic carbocycles. The lowest BCUT2D eigenvalue weighted by Gasteiger charge is -2.22. The summed E-state index contributed by atoms with van der Waals surface area (Å²) in [6.07, 6.45) is 3.97. The number of hydrogen-bond acceptors (Lipinski definition) is 2. The molecule has 1 aliphatic rings. The van der Waals surface area contributed by atoms with E-state index >= 15 is 0 Å². The Balaban J connectivity index is 2.20. The van der Waals surface area contributed by atoms with Crippen LogP contribution in [0.1, 0.15) is 50.3 Å². The van der Waals surface area contributed by atoms with Crippen molar-refractivity contribution in [2.75, 3.05) is 0 Å². The van der Waals surface area contributed by atoms with E-state index in [-0.39, 0.29) is 12.2 Å². The van der Waals surface area contributed by atoms with Crippen molar-refractivity contribution in [1.29, 1.82) is 0 Å². The molecule has 1 aromatic rings. The highest BCUT2D eigenvalue weighted by Crippen LogP contribution is 2.32. The average molecular weight is 220 g/mol. The lowest BCUT2D eigenvalue weighted by atomic mass is 9.89. The second-order valence-electron chi connectivity index (χ2n) is 4.61. The Labute approximate surface area is 97.3 Å². The summed E-state index contributed by atoms with van der Waals surface area (Å²) in [5, 5.41) is 9.92. The van der Waals surface area contributed by atoms with Crippen LogP contribution in [-0.2, 0) is 6.42 Å². The van der Waals surface area contributed by atoms with Gasteiger partial charge in [-0.1, -0.05) is 13.0 Å². The second-order valence-corrected chi connectivity index (χ2v) is 4.61. The van der Waals surface area contributed by atoms with E-state index in [1.807, 2.05) is 12.1 Å². The highest BCUT2D eigenvalue weighted by atomic mass is 16.5. The maximum absolute atomic E-state index is 9.92. The van der Waals surface area contributed by atoms with Crippen molar-refractivity contribution < 1.29 is 9.84 Å². The third-order valence-corrected chi connectivity index (χ3v) is 3.31. The monoisotopic (exact) mass is 220 g/mol. The molecule has 0 radical (unpaired) electrons. The number of fused-ring (bicyclic) bond motifs is 1. The lowest BCUT2D eigenvalue weighted by molar-refractivity contribution is 0.155. The highest BCUT2D eigenvalue weighted by molar-refractivity contribution is 5.38. The average Bonchev–Trinajstić information content (AvgIpc) is 2.30. The van der Waals surface area contributed by atoms with Crippen molar-refractivity contribution in [3.8, 4) is 5.75 Å². The fraction of sp³-hybridized carbons (Fsp3) is 0.571. The van der Waals surface area contributed by atoms with Gasteiger partial charge in [0.2, 0.25) is 0 Å². The summed E-state index contributed by atoms with van der Waals surface area (Å²) in [7, 11) is 0. The Morgan fingerprint density at radius 2 is 2.31 bits per heavy atom. The molecule has 2 rings (SSSR count). The van der Waals surface area contributed by atoms with Crippen molar-refractivity contribution >= 4 is 0 Å². The third kappa shape index (κ3) is 2.38. The maximum atomic E-state index is 9.92. The largest absolute Gasteiger partial charge is 0.491 e. The van der Waals surface area contributed by atoms with E-state index in [9.17, 15) is 5.11 Å². The van der Waals surface area contributed by atoms with Gasteiger partial charge in [-0.2, -0.15) is 0 Å². The molecule has 1 aliphatic carbocycles. The fourth-order valence-corrected chi connectivity index (χ4v) is 2.14. The van der Waals surface area contributed by atoms with Gasteiger partial charge in [0.1, 0.15) is 5.75 Å². The quantitative estimate of drug-likeness (QED) is 0.847. The molecule has 1 unspecified atom stereocenters. The predicted octanol–water partition coefficient (Wildman–Crippen LogP) is 3.23. The second kappa shape index (κ2) is 4.88. The van der Waals surface area contributed by atoms with Gasteiger partial charge in [-0.25, -0.2) is 0 Å². The van der Waals surface area contributed by atoms with Gasteiger partial charge in [0.05, 0.1) is 12.2 Å². The van der Waals surface area contributed by atoms with Crippen molar-refractivity contribution in [2.24, 2.45) is 0 Å². The molecule has 2 nitrogen and oxygen atoms in total. The van der Waals surface area contributed by atoms with Gasteiger partial charge < -0.3 is 9.84 Å². The van der Waals surface area contributed by atoms with Crippen LogP contribution < -0.4 is 4.74 Å². The number of hydrogen-bond donors (Lipinski definition) is 1.